The van der Waals surface area contributed by atoms with Crippen molar-refractivity contribution in [2.24, 2.45) is 0 Å². The summed E-state index contributed by atoms with van der Waals surface area (Å²) < 4.78 is 6.11. The van der Waals surface area contributed by atoms with E-state index in [2.05, 4.69) is 13.2 Å². The molecule has 4 nitrogen and oxygen atoms in total. The molecule has 0 aliphatic heterocycles. The molecule has 0 bridgehead atoms. The van der Waals surface area contributed by atoms with Crippen molar-refractivity contribution in [2.75, 3.05) is 6.61 Å². The largest absolute Gasteiger partial charge is 0.508 e. The number of allylic oxidation sites excluding steroid dienone is 3. The van der Waals surface area contributed by atoms with Crippen LogP contribution in [0.2, 0.25) is 0 Å². The van der Waals surface area contributed by atoms with Gasteiger partial charge in [0.25, 0.3) is 0 Å². The first-order chi connectivity index (χ1) is 15.0. The minimum atomic E-state index is -0.579. The van der Waals surface area contributed by atoms with Gasteiger partial charge in [-0.1, -0.05) is 46.8 Å². The average molecular weight is 435 g/mol. The molecule has 0 aliphatic carbocycles. The molecule has 0 aliphatic rings. The van der Waals surface area contributed by atoms with Gasteiger partial charge in [-0.05, 0) is 48.9 Å². The third-order valence-electron chi connectivity index (χ3n) is 5.66. The molecule has 0 radical (unpaired) electrons. The van der Waals surface area contributed by atoms with Crippen LogP contribution < -0.4 is 4.74 Å². The maximum Gasteiger partial charge on any atom is 0.185 e. The fraction of sp³-hybridized carbons (Fsp3) is 0.321. The number of aromatic hydroxyl groups is 2. The number of hydrogen-bond acceptors (Lipinski definition) is 4. The predicted octanol–water partition coefficient (Wildman–Crippen LogP) is 6.71. The van der Waals surface area contributed by atoms with Crippen LogP contribution in [0, 0.1) is 0 Å². The van der Waals surface area contributed by atoms with Gasteiger partial charge in [0.2, 0.25) is 0 Å². The number of phenolic OH excluding ortho intramolecular Hbond substituents is 2. The second kappa shape index (κ2) is 9.90. The highest BCUT2D eigenvalue weighted by Gasteiger charge is 2.32. The maximum absolute atomic E-state index is 12.7. The third kappa shape index (κ3) is 5.31. The van der Waals surface area contributed by atoms with Crippen molar-refractivity contribution in [3.8, 4) is 17.2 Å². The van der Waals surface area contributed by atoms with Gasteiger partial charge in [0, 0.05) is 33.1 Å². The summed E-state index contributed by atoms with van der Waals surface area (Å²) in [4.78, 5) is 12.7. The van der Waals surface area contributed by atoms with Gasteiger partial charge in [-0.2, -0.15) is 0 Å². The van der Waals surface area contributed by atoms with Crippen molar-refractivity contribution >= 4 is 11.9 Å². The van der Waals surface area contributed by atoms with E-state index in [1.54, 1.807) is 30.4 Å². The van der Waals surface area contributed by atoms with E-state index >= 15 is 0 Å². The fourth-order valence-electron chi connectivity index (χ4n) is 3.35. The Kier molecular flexibility index (Phi) is 7.73. The lowest BCUT2D eigenvalue weighted by molar-refractivity contribution is 0.104. The van der Waals surface area contributed by atoms with Crippen LogP contribution in [0.5, 0.6) is 17.2 Å². The monoisotopic (exact) mass is 434 g/mol. The zero-order valence-corrected chi connectivity index (χ0v) is 19.7. The summed E-state index contributed by atoms with van der Waals surface area (Å²) in [6, 6.07) is 7.96. The molecule has 0 atom stereocenters. The zero-order chi connectivity index (χ0) is 24.1. The third-order valence-corrected chi connectivity index (χ3v) is 5.66. The molecule has 0 heterocycles. The smallest absolute Gasteiger partial charge is 0.185 e. The first-order valence-electron chi connectivity index (χ1n) is 10.8. The number of ketones is 1. The molecule has 32 heavy (non-hydrogen) atoms. The highest BCUT2D eigenvalue weighted by Crippen LogP contribution is 2.47. The minimum absolute atomic E-state index is 0.104. The van der Waals surface area contributed by atoms with Crippen molar-refractivity contribution < 1.29 is 19.7 Å². The van der Waals surface area contributed by atoms with Gasteiger partial charge in [0.15, 0.2) is 5.78 Å². The lowest BCUT2D eigenvalue weighted by Crippen LogP contribution is -2.21. The Morgan fingerprint density at radius 2 is 1.62 bits per heavy atom. The van der Waals surface area contributed by atoms with Crippen LogP contribution in [0.1, 0.15) is 68.1 Å². The van der Waals surface area contributed by atoms with Crippen molar-refractivity contribution in [1.82, 2.24) is 0 Å². The quantitative estimate of drug-likeness (QED) is 0.248. The number of ether oxygens (including phenoxy) is 1. The van der Waals surface area contributed by atoms with Crippen LogP contribution in [-0.2, 0) is 10.8 Å². The molecule has 0 aromatic heterocycles. The molecule has 2 N–H and O–H groups in total. The van der Waals surface area contributed by atoms with E-state index in [1.807, 2.05) is 40.7 Å². The number of benzene rings is 2. The number of hydrogen-bond donors (Lipinski definition) is 2. The highest BCUT2D eigenvalue weighted by atomic mass is 16.5. The summed E-state index contributed by atoms with van der Waals surface area (Å²) in [5.74, 6) is 0.584. The number of carbonyl (C=O) groups excluding carboxylic acids is 1. The molecule has 4 heteroatoms. The summed E-state index contributed by atoms with van der Waals surface area (Å²) in [5, 5.41) is 20.8. The molecule has 0 saturated carbocycles. The molecular formula is C28H34O4. The van der Waals surface area contributed by atoms with Crippen LogP contribution in [0.25, 0.3) is 6.08 Å². The van der Waals surface area contributed by atoms with Crippen LogP contribution in [0.3, 0.4) is 0 Å². The van der Waals surface area contributed by atoms with Crippen molar-refractivity contribution in [3.63, 3.8) is 0 Å². The second-order valence-corrected chi connectivity index (χ2v) is 9.01. The molecular weight excluding hydrogens is 400 g/mol. The summed E-state index contributed by atoms with van der Waals surface area (Å²) >= 11 is 0. The highest BCUT2D eigenvalue weighted by molar-refractivity contribution is 6.07. The zero-order valence-electron chi connectivity index (χ0n) is 19.7. The Balaban J connectivity index is 2.75. The molecule has 0 fully saturated rings. The molecule has 0 spiro atoms. The van der Waals surface area contributed by atoms with E-state index in [-0.39, 0.29) is 17.3 Å². The van der Waals surface area contributed by atoms with E-state index in [1.165, 1.54) is 18.2 Å². The Morgan fingerprint density at radius 1 is 1.03 bits per heavy atom. The second-order valence-electron chi connectivity index (χ2n) is 9.01. The van der Waals surface area contributed by atoms with Crippen LogP contribution >= 0.6 is 0 Å². The van der Waals surface area contributed by atoms with Crippen LogP contribution in [0.4, 0.5) is 0 Å². The number of phenols is 2. The lowest BCUT2D eigenvalue weighted by atomic mass is 9.76. The van der Waals surface area contributed by atoms with E-state index in [0.29, 0.717) is 34.6 Å². The lowest BCUT2D eigenvalue weighted by Gasteiger charge is -2.31. The Bertz CT molecular complexity index is 1020. The summed E-state index contributed by atoms with van der Waals surface area (Å²) in [6.07, 6.45) is 7.55. The topological polar surface area (TPSA) is 66.8 Å². The predicted molar refractivity (Wildman–Crippen MR) is 132 cm³/mol. The van der Waals surface area contributed by atoms with E-state index in [4.69, 9.17) is 4.74 Å². The van der Waals surface area contributed by atoms with Gasteiger partial charge in [-0.15, -0.1) is 13.2 Å². The molecule has 2 aromatic rings. The van der Waals surface area contributed by atoms with E-state index < -0.39 is 10.8 Å². The Hall–Kier alpha value is -3.27. The minimum Gasteiger partial charge on any atom is -0.508 e. The number of carbonyl (C=O) groups is 1. The van der Waals surface area contributed by atoms with Crippen LogP contribution in [0.15, 0.2) is 61.7 Å². The Morgan fingerprint density at radius 3 is 2.16 bits per heavy atom. The molecule has 0 unspecified atom stereocenters. The SMILES string of the molecule is C=CC(C)(C)c1cc(/C=C/C(=O)c2ccc(O)cc2)c(OCCC)c(C(C)(C)C=C)c1O. The van der Waals surface area contributed by atoms with Crippen molar-refractivity contribution in [3.05, 3.63) is 84.0 Å². The van der Waals surface area contributed by atoms with Gasteiger partial charge in [-0.3, -0.25) is 4.79 Å². The van der Waals surface area contributed by atoms with E-state index in [0.717, 1.165) is 6.42 Å². The van der Waals surface area contributed by atoms with Crippen molar-refractivity contribution in [1.29, 1.82) is 0 Å². The molecule has 0 saturated heterocycles. The van der Waals surface area contributed by atoms with Gasteiger partial charge >= 0.3 is 0 Å². The molecule has 170 valence electrons. The van der Waals surface area contributed by atoms with Crippen LogP contribution in [-0.4, -0.2) is 22.6 Å². The molecule has 0 amide bonds. The normalized spacial score (nSPS) is 12.0. The summed E-state index contributed by atoms with van der Waals surface area (Å²) in [5.41, 5.74) is 1.39. The Labute approximate surface area is 191 Å². The first kappa shape index (κ1) is 25.0. The van der Waals surface area contributed by atoms with Gasteiger partial charge in [0.1, 0.15) is 17.2 Å². The summed E-state index contributed by atoms with van der Waals surface area (Å²) in [7, 11) is 0. The van der Waals surface area contributed by atoms with Gasteiger partial charge in [0.05, 0.1) is 6.61 Å². The standard InChI is InChI=1S/C28H34O4/c1-8-17-32-26-20(13-16-23(30)19-11-14-21(29)15-12-19)18-22(27(4,5)9-2)25(31)24(26)28(6,7)10-3/h9-16,18,29,31H,2-3,8,17H2,1,4-7H3/b16-13+. The molecule has 2 rings (SSSR count). The van der Waals surface area contributed by atoms with Crippen molar-refractivity contribution in [2.45, 2.75) is 51.9 Å². The van der Waals surface area contributed by atoms with E-state index in [9.17, 15) is 15.0 Å². The van der Waals surface area contributed by atoms with Gasteiger partial charge in [-0.25, -0.2) is 0 Å². The number of rotatable bonds is 10. The fourth-order valence-corrected chi connectivity index (χ4v) is 3.35. The first-order valence-corrected chi connectivity index (χ1v) is 10.8. The molecule has 2 aromatic carbocycles. The summed E-state index contributed by atoms with van der Waals surface area (Å²) in [6.45, 7) is 18.2. The maximum atomic E-state index is 12.7. The average Bonchev–Trinajstić information content (AvgIpc) is 2.76. The van der Waals surface area contributed by atoms with Gasteiger partial charge < -0.3 is 14.9 Å².